The number of phenolic OH excluding ortho intramolecular Hbond substituents is 1. The van der Waals surface area contributed by atoms with Crippen LogP contribution in [0.15, 0.2) is 18.2 Å². The first-order chi connectivity index (χ1) is 9.09. The summed E-state index contributed by atoms with van der Waals surface area (Å²) in [7, 11) is 2.10. The normalized spacial score (nSPS) is 18.9. The van der Waals surface area contributed by atoms with Crippen LogP contribution in [-0.4, -0.2) is 23.3 Å². The van der Waals surface area contributed by atoms with Gasteiger partial charge in [-0.1, -0.05) is 31.7 Å². The first kappa shape index (κ1) is 14.2. The standard InChI is InChI=1S/C16H25NO2/c1-12(18)15-10-9-14(11-16(15)19)17(2)13-7-5-3-4-6-8-13/h9-13,18-19H,3-8H2,1-2H3. The van der Waals surface area contributed by atoms with Crippen LogP contribution in [0.4, 0.5) is 5.69 Å². The Morgan fingerprint density at radius 2 is 1.79 bits per heavy atom. The molecule has 19 heavy (non-hydrogen) atoms. The number of aromatic hydroxyl groups is 1. The van der Waals surface area contributed by atoms with Gasteiger partial charge in [0.25, 0.3) is 0 Å². The average Bonchev–Trinajstić information content (AvgIpc) is 2.66. The highest BCUT2D eigenvalue weighted by molar-refractivity contribution is 5.54. The fraction of sp³-hybridized carbons (Fsp3) is 0.625. The maximum absolute atomic E-state index is 9.98. The van der Waals surface area contributed by atoms with Crippen LogP contribution in [0.5, 0.6) is 5.75 Å². The molecule has 0 saturated heterocycles. The van der Waals surface area contributed by atoms with Crippen molar-refractivity contribution < 1.29 is 10.2 Å². The molecule has 1 aliphatic rings. The van der Waals surface area contributed by atoms with Gasteiger partial charge in [0.1, 0.15) is 5.75 Å². The number of aliphatic hydroxyl groups is 1. The van der Waals surface area contributed by atoms with Gasteiger partial charge in [0.15, 0.2) is 0 Å². The van der Waals surface area contributed by atoms with E-state index in [4.69, 9.17) is 0 Å². The largest absolute Gasteiger partial charge is 0.507 e. The molecular weight excluding hydrogens is 238 g/mol. The van der Waals surface area contributed by atoms with E-state index in [0.29, 0.717) is 11.6 Å². The summed E-state index contributed by atoms with van der Waals surface area (Å²) in [5.41, 5.74) is 1.63. The number of benzene rings is 1. The SMILES string of the molecule is CC(O)c1ccc(N(C)C2CCCCCC2)cc1O. The number of aliphatic hydroxyl groups excluding tert-OH is 1. The number of phenols is 1. The van der Waals surface area contributed by atoms with Gasteiger partial charge < -0.3 is 15.1 Å². The highest BCUT2D eigenvalue weighted by Gasteiger charge is 2.18. The fourth-order valence-electron chi connectivity index (χ4n) is 2.96. The third kappa shape index (κ3) is 3.41. The van der Waals surface area contributed by atoms with E-state index < -0.39 is 6.10 Å². The zero-order valence-electron chi connectivity index (χ0n) is 12.0. The lowest BCUT2D eigenvalue weighted by molar-refractivity contribution is 0.195. The Morgan fingerprint density at radius 3 is 2.32 bits per heavy atom. The number of nitrogens with zero attached hydrogens (tertiary/aromatic N) is 1. The molecule has 2 N–H and O–H groups in total. The topological polar surface area (TPSA) is 43.7 Å². The molecule has 0 amide bonds. The van der Waals surface area contributed by atoms with Crippen LogP contribution in [0, 0.1) is 0 Å². The van der Waals surface area contributed by atoms with Gasteiger partial charge in [0, 0.05) is 30.4 Å². The van der Waals surface area contributed by atoms with Crippen molar-refractivity contribution in [2.45, 2.75) is 57.6 Å². The minimum Gasteiger partial charge on any atom is -0.507 e. The smallest absolute Gasteiger partial charge is 0.123 e. The summed E-state index contributed by atoms with van der Waals surface area (Å²) in [6.45, 7) is 1.67. The summed E-state index contributed by atoms with van der Waals surface area (Å²) < 4.78 is 0. The molecule has 0 heterocycles. The van der Waals surface area contributed by atoms with Crippen LogP contribution in [0.1, 0.15) is 57.1 Å². The molecule has 106 valence electrons. The molecule has 0 aliphatic heterocycles. The molecule has 1 saturated carbocycles. The average molecular weight is 263 g/mol. The third-order valence-electron chi connectivity index (χ3n) is 4.24. The van der Waals surface area contributed by atoms with E-state index in [0.717, 1.165) is 5.69 Å². The van der Waals surface area contributed by atoms with E-state index in [-0.39, 0.29) is 5.75 Å². The van der Waals surface area contributed by atoms with Crippen molar-refractivity contribution in [3.05, 3.63) is 23.8 Å². The summed E-state index contributed by atoms with van der Waals surface area (Å²) >= 11 is 0. The summed E-state index contributed by atoms with van der Waals surface area (Å²) in [6, 6.07) is 6.15. The maximum atomic E-state index is 9.98. The van der Waals surface area contributed by atoms with Crippen molar-refractivity contribution in [3.8, 4) is 5.75 Å². The maximum Gasteiger partial charge on any atom is 0.123 e. The molecular formula is C16H25NO2. The highest BCUT2D eigenvalue weighted by Crippen LogP contribution is 2.31. The van der Waals surface area contributed by atoms with E-state index in [1.54, 1.807) is 13.0 Å². The van der Waals surface area contributed by atoms with Gasteiger partial charge in [0.05, 0.1) is 6.10 Å². The van der Waals surface area contributed by atoms with Gasteiger partial charge in [-0.3, -0.25) is 0 Å². The van der Waals surface area contributed by atoms with E-state index in [9.17, 15) is 10.2 Å². The van der Waals surface area contributed by atoms with Gasteiger partial charge in [-0.05, 0) is 25.8 Å². The zero-order valence-corrected chi connectivity index (χ0v) is 12.0. The second-order valence-electron chi connectivity index (χ2n) is 5.68. The van der Waals surface area contributed by atoms with Crippen molar-refractivity contribution in [1.82, 2.24) is 0 Å². The van der Waals surface area contributed by atoms with Gasteiger partial charge in [-0.2, -0.15) is 0 Å². The van der Waals surface area contributed by atoms with Crippen LogP contribution in [-0.2, 0) is 0 Å². The Morgan fingerprint density at radius 1 is 1.16 bits per heavy atom. The minimum absolute atomic E-state index is 0.188. The molecule has 0 bridgehead atoms. The number of rotatable bonds is 3. The molecule has 1 aromatic carbocycles. The lowest BCUT2D eigenvalue weighted by Crippen LogP contribution is -2.30. The Kier molecular flexibility index (Phi) is 4.70. The fourth-order valence-corrected chi connectivity index (χ4v) is 2.96. The van der Waals surface area contributed by atoms with Crippen LogP contribution < -0.4 is 4.90 Å². The van der Waals surface area contributed by atoms with Crippen molar-refractivity contribution in [1.29, 1.82) is 0 Å². The van der Waals surface area contributed by atoms with Crippen LogP contribution in [0.3, 0.4) is 0 Å². The lowest BCUT2D eigenvalue weighted by Gasteiger charge is -2.29. The van der Waals surface area contributed by atoms with E-state index in [2.05, 4.69) is 11.9 Å². The first-order valence-electron chi connectivity index (χ1n) is 7.33. The van der Waals surface area contributed by atoms with Gasteiger partial charge in [0.2, 0.25) is 0 Å². The third-order valence-corrected chi connectivity index (χ3v) is 4.24. The number of hydrogen-bond acceptors (Lipinski definition) is 3. The van der Waals surface area contributed by atoms with E-state index in [1.807, 2.05) is 12.1 Å². The zero-order chi connectivity index (χ0) is 13.8. The minimum atomic E-state index is -0.628. The molecule has 2 rings (SSSR count). The number of anilines is 1. The Labute approximate surface area is 115 Å². The molecule has 1 aromatic rings. The van der Waals surface area contributed by atoms with Crippen molar-refractivity contribution in [2.75, 3.05) is 11.9 Å². The molecule has 1 aliphatic carbocycles. The second kappa shape index (κ2) is 6.29. The molecule has 1 atom stereocenters. The molecule has 0 radical (unpaired) electrons. The molecule has 1 unspecified atom stereocenters. The van der Waals surface area contributed by atoms with Gasteiger partial charge in [-0.25, -0.2) is 0 Å². The predicted octanol–water partition coefficient (Wildman–Crippen LogP) is 3.60. The Bertz CT molecular complexity index is 409. The molecule has 1 fully saturated rings. The van der Waals surface area contributed by atoms with Crippen molar-refractivity contribution in [3.63, 3.8) is 0 Å². The van der Waals surface area contributed by atoms with E-state index >= 15 is 0 Å². The Balaban J connectivity index is 2.14. The molecule has 3 nitrogen and oxygen atoms in total. The van der Waals surface area contributed by atoms with Gasteiger partial charge >= 0.3 is 0 Å². The molecule has 0 aromatic heterocycles. The first-order valence-corrected chi connectivity index (χ1v) is 7.33. The van der Waals surface area contributed by atoms with Gasteiger partial charge in [-0.15, -0.1) is 0 Å². The summed E-state index contributed by atoms with van der Waals surface area (Å²) in [5.74, 6) is 0.188. The predicted molar refractivity (Wildman–Crippen MR) is 78.6 cm³/mol. The van der Waals surface area contributed by atoms with E-state index in [1.165, 1.54) is 38.5 Å². The van der Waals surface area contributed by atoms with Crippen LogP contribution >= 0.6 is 0 Å². The van der Waals surface area contributed by atoms with Crippen molar-refractivity contribution in [2.24, 2.45) is 0 Å². The van der Waals surface area contributed by atoms with Crippen LogP contribution in [0.25, 0.3) is 0 Å². The molecule has 3 heteroatoms. The Hall–Kier alpha value is -1.22. The summed E-state index contributed by atoms with van der Waals surface area (Å²) in [6.07, 6.45) is 7.12. The quantitative estimate of drug-likeness (QED) is 0.819. The molecule has 0 spiro atoms. The van der Waals surface area contributed by atoms with Crippen LogP contribution in [0.2, 0.25) is 0 Å². The second-order valence-corrected chi connectivity index (χ2v) is 5.68. The number of hydrogen-bond donors (Lipinski definition) is 2. The monoisotopic (exact) mass is 263 g/mol. The summed E-state index contributed by atoms with van der Waals surface area (Å²) in [4.78, 5) is 2.27. The van der Waals surface area contributed by atoms with Crippen molar-refractivity contribution >= 4 is 5.69 Å². The highest BCUT2D eigenvalue weighted by atomic mass is 16.3. The summed E-state index contributed by atoms with van der Waals surface area (Å²) in [5, 5.41) is 19.5. The lowest BCUT2D eigenvalue weighted by atomic mass is 10.0.